The molecule has 1 heterocycles. The van der Waals surface area contributed by atoms with Gasteiger partial charge in [-0.05, 0) is 55.7 Å². The summed E-state index contributed by atoms with van der Waals surface area (Å²) in [6, 6.07) is 3.63. The van der Waals surface area contributed by atoms with Crippen molar-refractivity contribution in [3.8, 4) is 5.75 Å². The van der Waals surface area contributed by atoms with Crippen LogP contribution in [0.25, 0.3) is 0 Å². The van der Waals surface area contributed by atoms with E-state index < -0.39 is 27.5 Å². The second-order valence-electron chi connectivity index (χ2n) is 8.76. The van der Waals surface area contributed by atoms with E-state index in [2.05, 4.69) is 10.0 Å². The number of rotatable bonds is 13. The van der Waals surface area contributed by atoms with Crippen LogP contribution in [0.5, 0.6) is 5.75 Å². The van der Waals surface area contributed by atoms with Crippen LogP contribution in [0, 0.1) is 11.7 Å². The van der Waals surface area contributed by atoms with Gasteiger partial charge in [0.1, 0.15) is 12.1 Å². The van der Waals surface area contributed by atoms with Crippen molar-refractivity contribution in [2.45, 2.75) is 51.0 Å². The molecule has 11 heteroatoms. The minimum Gasteiger partial charge on any atom is -0.490 e. The third kappa shape index (κ3) is 6.87. The Balaban J connectivity index is 1.51. The molecule has 184 valence electrons. The van der Waals surface area contributed by atoms with Crippen LogP contribution in [0.15, 0.2) is 18.2 Å². The Morgan fingerprint density at radius 3 is 2.67 bits per heavy atom. The number of hydrogen-bond donors (Lipinski definition) is 3. The Bertz CT molecular complexity index is 969. The quantitative estimate of drug-likeness (QED) is 0.289. The third-order valence-electron chi connectivity index (χ3n) is 6.30. The molecule has 0 bridgehead atoms. The molecule has 0 unspecified atom stereocenters. The summed E-state index contributed by atoms with van der Waals surface area (Å²) in [7, 11) is -3.69. The number of amides is 3. The Hall–Kier alpha value is -2.24. The summed E-state index contributed by atoms with van der Waals surface area (Å²) in [4.78, 5) is 24.0. The normalized spacial score (nSPS) is 18.7. The van der Waals surface area contributed by atoms with E-state index in [1.54, 1.807) is 6.92 Å². The highest BCUT2D eigenvalue weighted by Crippen LogP contribution is 2.31. The fraction of sp³-hybridized carbons (Fsp3) is 0.636. The van der Waals surface area contributed by atoms with Crippen molar-refractivity contribution in [3.05, 3.63) is 29.6 Å². The van der Waals surface area contributed by atoms with Crippen molar-refractivity contribution in [1.82, 2.24) is 14.9 Å². The van der Waals surface area contributed by atoms with E-state index in [-0.39, 0.29) is 49.9 Å². The van der Waals surface area contributed by atoms with Crippen molar-refractivity contribution in [2.75, 3.05) is 32.0 Å². The molecular formula is C22H32FN3O6S. The van der Waals surface area contributed by atoms with E-state index >= 15 is 0 Å². The summed E-state index contributed by atoms with van der Waals surface area (Å²) in [5.41, 5.74) is -1.15. The number of nitrogens with zero attached hydrogens (tertiary/aromatic N) is 1. The predicted molar refractivity (Wildman–Crippen MR) is 120 cm³/mol. The molecule has 1 aromatic rings. The van der Waals surface area contributed by atoms with E-state index in [4.69, 9.17) is 4.74 Å². The number of unbranched alkanes of at least 4 members (excludes halogenated alkanes) is 1. The maximum atomic E-state index is 14.2. The lowest BCUT2D eigenvalue weighted by Crippen LogP contribution is -2.41. The van der Waals surface area contributed by atoms with Crippen LogP contribution < -0.4 is 14.8 Å². The van der Waals surface area contributed by atoms with Crippen LogP contribution >= 0.6 is 0 Å². The number of carbonyl (C=O) groups excluding carboxylic acids is 2. The molecule has 1 atom stereocenters. The van der Waals surface area contributed by atoms with E-state index in [0.717, 1.165) is 19.3 Å². The summed E-state index contributed by atoms with van der Waals surface area (Å²) >= 11 is 0. The molecule has 9 nitrogen and oxygen atoms in total. The van der Waals surface area contributed by atoms with Gasteiger partial charge in [-0.1, -0.05) is 19.4 Å². The van der Waals surface area contributed by atoms with Gasteiger partial charge in [-0.3, -0.25) is 10.1 Å². The monoisotopic (exact) mass is 485 g/mol. The minimum atomic E-state index is -3.69. The molecule has 0 spiro atoms. The van der Waals surface area contributed by atoms with E-state index in [1.807, 2.05) is 0 Å². The van der Waals surface area contributed by atoms with Crippen LogP contribution in [-0.2, 0) is 20.4 Å². The highest BCUT2D eigenvalue weighted by Gasteiger charge is 2.31. The summed E-state index contributed by atoms with van der Waals surface area (Å²) in [6.45, 7) is 2.14. The molecule has 1 saturated carbocycles. The second-order valence-corrected chi connectivity index (χ2v) is 10.7. The summed E-state index contributed by atoms with van der Waals surface area (Å²) < 4.78 is 47.1. The molecule has 0 aromatic heterocycles. The summed E-state index contributed by atoms with van der Waals surface area (Å²) in [6.07, 6.45) is 4.18. The van der Waals surface area contributed by atoms with Gasteiger partial charge >= 0.3 is 6.03 Å². The number of benzene rings is 1. The minimum absolute atomic E-state index is 0.0165. The molecule has 3 amide bonds. The van der Waals surface area contributed by atoms with E-state index in [9.17, 15) is 27.5 Å². The number of imide groups is 1. The van der Waals surface area contributed by atoms with Crippen LogP contribution in [0.3, 0.4) is 0 Å². The third-order valence-corrected chi connectivity index (χ3v) is 7.71. The number of sulfonamides is 1. The molecule has 0 radical (unpaired) electrons. The fourth-order valence-corrected chi connectivity index (χ4v) is 4.95. The highest BCUT2D eigenvalue weighted by molar-refractivity contribution is 7.89. The standard InChI is InChI=1S/C22H32FN3O6S/c1-2-22(29,17-8-9-18(23)19(12-17)32-14-16-6-5-7-16)15-24-33(30,31)11-4-3-10-26-13-20(27)25-21(26)28/h8-9,12,16,24,29H,2-7,10-11,13-15H2,1H3,(H,25,27,28)/t22-/m1/s1. The van der Waals surface area contributed by atoms with Gasteiger partial charge in [-0.2, -0.15) is 0 Å². The van der Waals surface area contributed by atoms with Crippen molar-refractivity contribution in [1.29, 1.82) is 0 Å². The average molecular weight is 486 g/mol. The number of carbonyl (C=O) groups is 2. The first-order chi connectivity index (χ1) is 15.6. The smallest absolute Gasteiger partial charge is 0.324 e. The first-order valence-corrected chi connectivity index (χ1v) is 13.0. The van der Waals surface area contributed by atoms with Gasteiger partial charge in [0.05, 0.1) is 12.4 Å². The van der Waals surface area contributed by atoms with E-state index in [0.29, 0.717) is 24.5 Å². The van der Waals surface area contributed by atoms with E-state index in [1.165, 1.54) is 23.1 Å². The Morgan fingerprint density at radius 1 is 1.30 bits per heavy atom. The Kier molecular flexibility index (Phi) is 8.30. The molecular weight excluding hydrogens is 453 g/mol. The number of hydrogen-bond acceptors (Lipinski definition) is 6. The highest BCUT2D eigenvalue weighted by atomic mass is 32.2. The van der Waals surface area contributed by atoms with Crippen molar-refractivity contribution < 1.29 is 32.2 Å². The SMILES string of the molecule is CC[C@@](O)(CNS(=O)(=O)CCCCN1CC(=O)NC1=O)c1ccc(F)c(OCC2CCC2)c1. The zero-order chi connectivity index (χ0) is 24.1. The number of aliphatic hydroxyl groups is 1. The Labute approximate surface area is 193 Å². The summed E-state index contributed by atoms with van der Waals surface area (Å²) in [5, 5.41) is 13.3. The number of ether oxygens (including phenoxy) is 1. The maximum absolute atomic E-state index is 14.2. The Morgan fingerprint density at radius 2 is 2.06 bits per heavy atom. The van der Waals surface area contributed by atoms with Gasteiger partial charge in [-0.25, -0.2) is 22.3 Å². The summed E-state index contributed by atoms with van der Waals surface area (Å²) in [5.74, 6) is -0.602. The number of urea groups is 1. The van der Waals surface area contributed by atoms with Gasteiger partial charge in [-0.15, -0.1) is 0 Å². The molecule has 2 aliphatic rings. The molecule has 3 N–H and O–H groups in total. The molecule has 1 aliphatic carbocycles. The lowest BCUT2D eigenvalue weighted by molar-refractivity contribution is -0.118. The molecule has 3 rings (SSSR count). The van der Waals surface area contributed by atoms with Gasteiger partial charge in [0.2, 0.25) is 15.9 Å². The predicted octanol–water partition coefficient (Wildman–Crippen LogP) is 1.85. The molecule has 1 saturated heterocycles. The van der Waals surface area contributed by atoms with Gasteiger partial charge in [0, 0.05) is 13.1 Å². The van der Waals surface area contributed by atoms with Crippen LogP contribution in [-0.4, -0.2) is 62.4 Å². The average Bonchev–Trinajstić information content (AvgIpc) is 3.06. The lowest BCUT2D eigenvalue weighted by atomic mass is 9.86. The van der Waals surface area contributed by atoms with Crippen molar-refractivity contribution >= 4 is 22.0 Å². The molecule has 1 aromatic carbocycles. The molecule has 2 fully saturated rings. The molecule has 1 aliphatic heterocycles. The van der Waals surface area contributed by atoms with Gasteiger partial charge < -0.3 is 14.7 Å². The zero-order valence-electron chi connectivity index (χ0n) is 18.8. The van der Waals surface area contributed by atoms with Crippen molar-refractivity contribution in [3.63, 3.8) is 0 Å². The van der Waals surface area contributed by atoms with Gasteiger partial charge in [0.15, 0.2) is 11.6 Å². The zero-order valence-corrected chi connectivity index (χ0v) is 19.6. The van der Waals surface area contributed by atoms with Crippen molar-refractivity contribution in [2.24, 2.45) is 5.92 Å². The topological polar surface area (TPSA) is 125 Å². The lowest BCUT2D eigenvalue weighted by Gasteiger charge is -2.29. The van der Waals surface area contributed by atoms with Crippen LogP contribution in [0.4, 0.5) is 9.18 Å². The maximum Gasteiger partial charge on any atom is 0.324 e. The fourth-order valence-electron chi connectivity index (χ4n) is 3.76. The number of nitrogens with one attached hydrogen (secondary N) is 2. The first kappa shape index (κ1) is 25.4. The van der Waals surface area contributed by atoms with Crippen LogP contribution in [0.2, 0.25) is 0 Å². The van der Waals surface area contributed by atoms with Crippen LogP contribution in [0.1, 0.15) is 51.0 Å². The first-order valence-electron chi connectivity index (χ1n) is 11.3. The molecule has 33 heavy (non-hydrogen) atoms. The second kappa shape index (κ2) is 10.8. The number of halogens is 1. The van der Waals surface area contributed by atoms with Gasteiger partial charge in [0.25, 0.3) is 0 Å². The largest absolute Gasteiger partial charge is 0.490 e.